The lowest BCUT2D eigenvalue weighted by atomic mass is 9.87. The van der Waals surface area contributed by atoms with E-state index in [0.29, 0.717) is 6.54 Å². The summed E-state index contributed by atoms with van der Waals surface area (Å²) in [6, 6.07) is 10.0. The maximum Gasteiger partial charge on any atom is 0.242 e. The molecule has 1 fully saturated rings. The molecule has 0 aliphatic carbocycles. The van der Waals surface area contributed by atoms with Crippen LogP contribution in [0, 0.1) is 5.41 Å². The molecule has 1 saturated heterocycles. The Labute approximate surface area is 116 Å². The van der Waals surface area contributed by atoms with Gasteiger partial charge < -0.3 is 4.90 Å². The highest BCUT2D eigenvalue weighted by Gasteiger charge is 2.48. The molecule has 1 aliphatic rings. The number of nitrogens with zero attached hydrogens (tertiary/aromatic N) is 1. The van der Waals surface area contributed by atoms with Gasteiger partial charge in [-0.1, -0.05) is 51.1 Å². The van der Waals surface area contributed by atoms with Crippen molar-refractivity contribution < 1.29 is 4.79 Å². The van der Waals surface area contributed by atoms with Gasteiger partial charge in [0.1, 0.15) is 0 Å². The van der Waals surface area contributed by atoms with Crippen molar-refractivity contribution in [2.45, 2.75) is 52.9 Å². The normalized spacial score (nSPS) is 22.9. The highest BCUT2D eigenvalue weighted by molar-refractivity contribution is 5.85. The molecule has 2 rings (SSSR count). The lowest BCUT2D eigenvalue weighted by Crippen LogP contribution is -2.48. The number of amides is 1. The molecule has 1 aromatic rings. The van der Waals surface area contributed by atoms with Gasteiger partial charge in [-0.15, -0.1) is 0 Å². The average molecular weight is 260 g/mol. The van der Waals surface area contributed by atoms with Crippen LogP contribution < -0.4 is 5.32 Å². The fraction of sp³-hybridized carbons (Fsp3) is 0.562. The van der Waals surface area contributed by atoms with Gasteiger partial charge in [0.05, 0.1) is 11.7 Å². The Balaban J connectivity index is 2.23. The van der Waals surface area contributed by atoms with E-state index in [1.807, 2.05) is 23.1 Å². The Morgan fingerprint density at radius 2 is 1.79 bits per heavy atom. The highest BCUT2D eigenvalue weighted by Crippen LogP contribution is 2.32. The predicted octanol–water partition coefficient (Wildman–Crippen LogP) is 2.77. The summed E-state index contributed by atoms with van der Waals surface area (Å²) in [7, 11) is 0. The molecule has 0 unspecified atom stereocenters. The van der Waals surface area contributed by atoms with Gasteiger partial charge in [0.2, 0.25) is 5.91 Å². The molecule has 104 valence electrons. The number of hydrogen-bond acceptors (Lipinski definition) is 2. The first-order valence-electron chi connectivity index (χ1n) is 6.85. The lowest BCUT2D eigenvalue weighted by Gasteiger charge is -2.31. The molecule has 19 heavy (non-hydrogen) atoms. The molecule has 1 N–H and O–H groups in total. The summed E-state index contributed by atoms with van der Waals surface area (Å²) < 4.78 is 0. The third-order valence-electron chi connectivity index (χ3n) is 3.73. The van der Waals surface area contributed by atoms with Gasteiger partial charge in [-0.05, 0) is 24.8 Å². The Kier molecular flexibility index (Phi) is 3.43. The summed E-state index contributed by atoms with van der Waals surface area (Å²) in [4.78, 5) is 14.6. The van der Waals surface area contributed by atoms with Gasteiger partial charge >= 0.3 is 0 Å². The summed E-state index contributed by atoms with van der Waals surface area (Å²) in [5, 5.41) is 3.47. The largest absolute Gasteiger partial charge is 0.319 e. The summed E-state index contributed by atoms with van der Waals surface area (Å²) in [5.74, 6) is 0.196. The van der Waals surface area contributed by atoms with Crippen molar-refractivity contribution in [1.29, 1.82) is 0 Å². The van der Waals surface area contributed by atoms with Crippen LogP contribution >= 0.6 is 0 Å². The average Bonchev–Trinajstić information content (AvgIpc) is 2.54. The van der Waals surface area contributed by atoms with Crippen molar-refractivity contribution >= 4 is 5.91 Å². The Hall–Kier alpha value is -1.35. The molecule has 3 nitrogen and oxygen atoms in total. The second-order valence-corrected chi connectivity index (χ2v) is 6.91. The molecule has 1 aliphatic heterocycles. The monoisotopic (exact) mass is 260 g/mol. The van der Waals surface area contributed by atoms with Crippen LogP contribution in [0.3, 0.4) is 0 Å². The minimum atomic E-state index is -0.301. The summed E-state index contributed by atoms with van der Waals surface area (Å²) >= 11 is 0. The zero-order chi connectivity index (χ0) is 14.3. The van der Waals surface area contributed by atoms with E-state index < -0.39 is 0 Å². The second kappa shape index (κ2) is 4.64. The Morgan fingerprint density at radius 1 is 1.21 bits per heavy atom. The first-order chi connectivity index (χ1) is 8.72. The molecular formula is C16H24N2O. The van der Waals surface area contributed by atoms with E-state index in [1.54, 1.807) is 0 Å². The van der Waals surface area contributed by atoms with E-state index >= 15 is 0 Å². The fourth-order valence-corrected chi connectivity index (χ4v) is 2.55. The maximum absolute atomic E-state index is 12.6. The van der Waals surface area contributed by atoms with E-state index in [4.69, 9.17) is 0 Å². The Morgan fingerprint density at radius 3 is 2.26 bits per heavy atom. The summed E-state index contributed by atoms with van der Waals surface area (Å²) in [5.41, 5.74) is 0.797. The van der Waals surface area contributed by atoms with Crippen LogP contribution in [0.25, 0.3) is 0 Å². The smallest absolute Gasteiger partial charge is 0.242 e. The number of carbonyl (C=O) groups is 1. The lowest BCUT2D eigenvalue weighted by molar-refractivity contribution is -0.133. The van der Waals surface area contributed by atoms with Crippen LogP contribution in [-0.2, 0) is 11.3 Å². The highest BCUT2D eigenvalue weighted by atomic mass is 16.2. The quantitative estimate of drug-likeness (QED) is 0.887. The molecule has 1 heterocycles. The van der Waals surface area contributed by atoms with E-state index in [-0.39, 0.29) is 23.0 Å². The number of carbonyl (C=O) groups excluding carboxylic acids is 1. The molecule has 0 spiro atoms. The number of benzene rings is 1. The van der Waals surface area contributed by atoms with Crippen LogP contribution in [0.4, 0.5) is 0 Å². The van der Waals surface area contributed by atoms with Crippen molar-refractivity contribution in [2.75, 3.05) is 0 Å². The molecule has 1 atom stereocenters. The number of hydrogen-bond donors (Lipinski definition) is 1. The van der Waals surface area contributed by atoms with E-state index in [2.05, 4.69) is 52.1 Å². The van der Waals surface area contributed by atoms with Crippen LogP contribution in [0.2, 0.25) is 0 Å². The van der Waals surface area contributed by atoms with Crippen molar-refractivity contribution in [2.24, 2.45) is 5.41 Å². The second-order valence-electron chi connectivity index (χ2n) is 6.91. The molecule has 3 heteroatoms. The molecule has 0 bridgehead atoms. The van der Waals surface area contributed by atoms with Crippen molar-refractivity contribution in [3.63, 3.8) is 0 Å². The van der Waals surface area contributed by atoms with Gasteiger partial charge in [0, 0.05) is 6.54 Å². The third kappa shape index (κ3) is 2.81. The first kappa shape index (κ1) is 14.1. The van der Waals surface area contributed by atoms with Gasteiger partial charge in [0.15, 0.2) is 0 Å². The van der Waals surface area contributed by atoms with E-state index in [0.717, 1.165) is 0 Å². The third-order valence-corrected chi connectivity index (χ3v) is 3.73. The molecular weight excluding hydrogens is 236 g/mol. The summed E-state index contributed by atoms with van der Waals surface area (Å²) in [6.07, 6.45) is 0. The standard InChI is InChI=1S/C16H24N2O/c1-15(2,3)13-14(19)18(16(4,5)17-13)11-12-9-7-6-8-10-12/h6-10,13,17H,11H2,1-5H3/t13-/m1/s1. The molecule has 0 aromatic heterocycles. The minimum Gasteiger partial charge on any atom is -0.319 e. The topological polar surface area (TPSA) is 32.3 Å². The van der Waals surface area contributed by atoms with Crippen LogP contribution in [-0.4, -0.2) is 22.5 Å². The van der Waals surface area contributed by atoms with Crippen LogP contribution in [0.15, 0.2) is 30.3 Å². The maximum atomic E-state index is 12.6. The predicted molar refractivity (Wildman–Crippen MR) is 77.4 cm³/mol. The SMILES string of the molecule is CC(C)(C)[C@@H]1NC(C)(C)N(Cc2ccccc2)C1=O. The Bertz CT molecular complexity index is 459. The zero-order valence-electron chi connectivity index (χ0n) is 12.5. The van der Waals surface area contributed by atoms with Crippen molar-refractivity contribution in [3.05, 3.63) is 35.9 Å². The fourth-order valence-electron chi connectivity index (χ4n) is 2.55. The first-order valence-corrected chi connectivity index (χ1v) is 6.85. The zero-order valence-corrected chi connectivity index (χ0v) is 12.5. The number of nitrogens with one attached hydrogen (secondary N) is 1. The summed E-state index contributed by atoms with van der Waals surface area (Å²) in [6.45, 7) is 11.1. The van der Waals surface area contributed by atoms with Gasteiger partial charge in [0.25, 0.3) is 0 Å². The van der Waals surface area contributed by atoms with Crippen LogP contribution in [0.1, 0.15) is 40.2 Å². The number of rotatable bonds is 2. The van der Waals surface area contributed by atoms with Crippen molar-refractivity contribution in [3.8, 4) is 0 Å². The molecule has 0 radical (unpaired) electrons. The van der Waals surface area contributed by atoms with E-state index in [9.17, 15) is 4.79 Å². The minimum absolute atomic E-state index is 0.0697. The van der Waals surface area contributed by atoms with E-state index in [1.165, 1.54) is 5.56 Å². The van der Waals surface area contributed by atoms with Gasteiger partial charge in [-0.2, -0.15) is 0 Å². The van der Waals surface area contributed by atoms with Gasteiger partial charge in [-0.3, -0.25) is 10.1 Å². The van der Waals surface area contributed by atoms with Crippen LogP contribution in [0.5, 0.6) is 0 Å². The molecule has 1 aromatic carbocycles. The van der Waals surface area contributed by atoms with Gasteiger partial charge in [-0.25, -0.2) is 0 Å². The molecule has 0 saturated carbocycles. The van der Waals surface area contributed by atoms with Crippen molar-refractivity contribution in [1.82, 2.24) is 10.2 Å². The molecule has 1 amide bonds.